The van der Waals surface area contributed by atoms with Crippen LogP contribution in [0.2, 0.25) is 5.02 Å². The van der Waals surface area contributed by atoms with E-state index in [1.54, 1.807) is 12.1 Å². The van der Waals surface area contributed by atoms with Crippen molar-refractivity contribution in [1.82, 2.24) is 5.32 Å². The zero-order chi connectivity index (χ0) is 13.4. The number of nitrogens with one attached hydrogen (secondary N) is 1. The van der Waals surface area contributed by atoms with Crippen LogP contribution in [0.15, 0.2) is 29.2 Å². The third kappa shape index (κ3) is 5.51. The van der Waals surface area contributed by atoms with E-state index in [0.29, 0.717) is 16.8 Å². The summed E-state index contributed by atoms with van der Waals surface area (Å²) >= 11 is 5.92. The van der Waals surface area contributed by atoms with Gasteiger partial charge in [-0.3, -0.25) is 4.21 Å². The summed E-state index contributed by atoms with van der Waals surface area (Å²) in [5.41, 5.74) is 0. The van der Waals surface area contributed by atoms with Crippen LogP contribution >= 0.6 is 11.6 Å². The first-order chi connectivity index (χ1) is 8.67. The van der Waals surface area contributed by atoms with Gasteiger partial charge in [0.15, 0.2) is 0 Å². The van der Waals surface area contributed by atoms with E-state index >= 15 is 0 Å². The number of benzene rings is 1. The number of hydrogen-bond donors (Lipinski definition) is 1. The van der Waals surface area contributed by atoms with Crippen LogP contribution in [0.1, 0.15) is 33.1 Å². The highest BCUT2D eigenvalue weighted by Gasteiger charge is 2.12. The van der Waals surface area contributed by atoms with Gasteiger partial charge < -0.3 is 5.32 Å². The Morgan fingerprint density at radius 2 is 2.11 bits per heavy atom. The molecule has 0 aromatic heterocycles. The molecule has 0 saturated heterocycles. The Labute approximate surface area is 118 Å². The third-order valence-electron chi connectivity index (χ3n) is 2.73. The first-order valence-corrected chi connectivity index (χ1v) is 8.24. The fraction of sp³-hybridized carbons (Fsp3) is 0.571. The maximum absolute atomic E-state index is 12.3. The predicted octanol–water partition coefficient (Wildman–Crippen LogP) is 3.62. The fourth-order valence-corrected chi connectivity index (χ4v) is 3.41. The monoisotopic (exact) mass is 287 g/mol. The summed E-state index contributed by atoms with van der Waals surface area (Å²) in [5, 5.41) is 4.11. The van der Waals surface area contributed by atoms with E-state index in [2.05, 4.69) is 19.2 Å². The fourth-order valence-electron chi connectivity index (χ4n) is 1.83. The van der Waals surface area contributed by atoms with Gasteiger partial charge in [0, 0.05) is 21.7 Å². The molecule has 0 amide bonds. The van der Waals surface area contributed by atoms with Gasteiger partial charge in [0.05, 0.1) is 10.8 Å². The summed E-state index contributed by atoms with van der Waals surface area (Å²) in [6.07, 6.45) is 3.27. The van der Waals surface area contributed by atoms with Crippen LogP contribution in [0.3, 0.4) is 0 Å². The van der Waals surface area contributed by atoms with E-state index in [9.17, 15) is 4.21 Å². The van der Waals surface area contributed by atoms with E-state index in [1.165, 1.54) is 0 Å². The van der Waals surface area contributed by atoms with Gasteiger partial charge in [-0.15, -0.1) is 0 Å². The molecule has 102 valence electrons. The average Bonchev–Trinajstić information content (AvgIpc) is 2.36. The predicted molar refractivity (Wildman–Crippen MR) is 79.7 cm³/mol. The van der Waals surface area contributed by atoms with Gasteiger partial charge in [-0.25, -0.2) is 0 Å². The lowest BCUT2D eigenvalue weighted by Crippen LogP contribution is -2.34. The molecule has 1 rings (SSSR count). The highest BCUT2D eigenvalue weighted by atomic mass is 35.5. The van der Waals surface area contributed by atoms with Gasteiger partial charge in [0.2, 0.25) is 0 Å². The molecule has 0 bridgehead atoms. The second-order valence-corrected chi connectivity index (χ2v) is 6.34. The molecule has 2 atom stereocenters. The minimum absolute atomic E-state index is 0.328. The van der Waals surface area contributed by atoms with E-state index in [4.69, 9.17) is 11.6 Å². The van der Waals surface area contributed by atoms with Crippen molar-refractivity contribution >= 4 is 22.4 Å². The maximum atomic E-state index is 12.3. The molecular formula is C14H22ClNOS. The van der Waals surface area contributed by atoms with Crippen LogP contribution in [-0.2, 0) is 10.8 Å². The summed E-state index contributed by atoms with van der Waals surface area (Å²) in [7, 11) is -0.976. The van der Waals surface area contributed by atoms with E-state index in [1.807, 2.05) is 12.1 Å². The molecule has 0 aliphatic rings. The molecule has 1 aromatic carbocycles. The van der Waals surface area contributed by atoms with Crippen molar-refractivity contribution in [2.45, 2.75) is 44.0 Å². The lowest BCUT2D eigenvalue weighted by molar-refractivity contribution is 0.510. The zero-order valence-electron chi connectivity index (χ0n) is 11.1. The highest BCUT2D eigenvalue weighted by molar-refractivity contribution is 7.85. The van der Waals surface area contributed by atoms with E-state index < -0.39 is 10.8 Å². The molecule has 0 radical (unpaired) electrons. The summed E-state index contributed by atoms with van der Waals surface area (Å²) in [4.78, 5) is 0.821. The molecule has 0 spiro atoms. The van der Waals surface area contributed by atoms with Crippen LogP contribution in [0.4, 0.5) is 0 Å². The van der Waals surface area contributed by atoms with Gasteiger partial charge in [-0.2, -0.15) is 0 Å². The van der Waals surface area contributed by atoms with Crippen molar-refractivity contribution in [3.63, 3.8) is 0 Å². The van der Waals surface area contributed by atoms with Crippen molar-refractivity contribution < 1.29 is 4.21 Å². The molecule has 1 N–H and O–H groups in total. The van der Waals surface area contributed by atoms with Crippen molar-refractivity contribution in [1.29, 1.82) is 0 Å². The van der Waals surface area contributed by atoms with Gasteiger partial charge in [-0.1, -0.05) is 37.9 Å². The first-order valence-electron chi connectivity index (χ1n) is 6.54. The second kappa shape index (κ2) is 8.68. The lowest BCUT2D eigenvalue weighted by atomic mass is 10.2. The standard InChI is InChI=1S/C14H22ClNOS/c1-3-6-13(16-9-4-2)11-18(17)14-8-5-7-12(15)10-14/h5,7-8,10,13,16H,3-4,6,9,11H2,1-2H3. The van der Waals surface area contributed by atoms with Gasteiger partial charge in [-0.05, 0) is 37.6 Å². The summed E-state index contributed by atoms with van der Waals surface area (Å²) < 4.78 is 12.3. The SMILES string of the molecule is CCCNC(CCC)CS(=O)c1cccc(Cl)c1. The molecule has 2 unspecified atom stereocenters. The Hall–Kier alpha value is -0.380. The molecule has 0 fully saturated rings. The van der Waals surface area contributed by atoms with Crippen molar-refractivity contribution in [2.24, 2.45) is 0 Å². The Morgan fingerprint density at radius 3 is 2.72 bits per heavy atom. The quantitative estimate of drug-likeness (QED) is 0.791. The molecule has 1 aromatic rings. The van der Waals surface area contributed by atoms with Crippen LogP contribution in [0.25, 0.3) is 0 Å². The van der Waals surface area contributed by atoms with Gasteiger partial charge >= 0.3 is 0 Å². The molecule has 0 saturated carbocycles. The van der Waals surface area contributed by atoms with E-state index in [-0.39, 0.29) is 0 Å². The topological polar surface area (TPSA) is 29.1 Å². The molecule has 18 heavy (non-hydrogen) atoms. The minimum Gasteiger partial charge on any atom is -0.313 e. The Morgan fingerprint density at radius 1 is 1.33 bits per heavy atom. The smallest absolute Gasteiger partial charge is 0.0545 e. The summed E-state index contributed by atoms with van der Waals surface area (Å²) in [6.45, 7) is 5.28. The van der Waals surface area contributed by atoms with E-state index in [0.717, 1.165) is 30.7 Å². The Kier molecular flexibility index (Phi) is 7.56. The van der Waals surface area contributed by atoms with Crippen molar-refractivity contribution in [3.05, 3.63) is 29.3 Å². The molecule has 4 heteroatoms. The third-order valence-corrected chi connectivity index (χ3v) is 4.45. The Bertz CT molecular complexity index is 384. The van der Waals surface area contributed by atoms with Crippen LogP contribution in [-0.4, -0.2) is 22.5 Å². The van der Waals surface area contributed by atoms with Crippen LogP contribution < -0.4 is 5.32 Å². The summed E-state index contributed by atoms with van der Waals surface area (Å²) in [5.74, 6) is 0.661. The molecule has 0 aliphatic heterocycles. The minimum atomic E-state index is -0.976. The number of hydrogen-bond acceptors (Lipinski definition) is 2. The molecule has 0 heterocycles. The highest BCUT2D eigenvalue weighted by Crippen LogP contribution is 2.15. The maximum Gasteiger partial charge on any atom is 0.0545 e. The number of rotatable bonds is 8. The Balaban J connectivity index is 2.59. The summed E-state index contributed by atoms with van der Waals surface area (Å²) in [6, 6.07) is 7.66. The van der Waals surface area contributed by atoms with Crippen molar-refractivity contribution in [3.8, 4) is 0 Å². The normalized spacial score (nSPS) is 14.4. The lowest BCUT2D eigenvalue weighted by Gasteiger charge is -2.17. The largest absolute Gasteiger partial charge is 0.313 e. The first kappa shape index (κ1) is 15.7. The average molecular weight is 288 g/mol. The van der Waals surface area contributed by atoms with Crippen LogP contribution in [0.5, 0.6) is 0 Å². The number of halogens is 1. The molecule has 2 nitrogen and oxygen atoms in total. The van der Waals surface area contributed by atoms with Crippen LogP contribution in [0, 0.1) is 0 Å². The molecule has 0 aliphatic carbocycles. The van der Waals surface area contributed by atoms with Crippen molar-refractivity contribution in [2.75, 3.05) is 12.3 Å². The molecular weight excluding hydrogens is 266 g/mol. The van der Waals surface area contributed by atoms with Gasteiger partial charge in [0.1, 0.15) is 0 Å². The van der Waals surface area contributed by atoms with Gasteiger partial charge in [0.25, 0.3) is 0 Å². The second-order valence-electron chi connectivity index (χ2n) is 4.41. The zero-order valence-corrected chi connectivity index (χ0v) is 12.7.